The quantitative estimate of drug-likeness (QED) is 0.345. The molecule has 12 heavy (non-hydrogen) atoms. The summed E-state index contributed by atoms with van der Waals surface area (Å²) in [5.74, 6) is 0. The molecule has 0 aliphatic rings. The maximum atomic E-state index is 8.74. The predicted molar refractivity (Wildman–Crippen MR) is 41.8 cm³/mol. The standard InChI is InChI=1S/C4H11N.FH.Na.H2O4S.H/c1-2-3-4-5;;;1-5(2,3)4;/h2-5H2,1H3;1H;;(H2,1,2,3,4);/q;;+1;;-1. The van der Waals surface area contributed by atoms with Crippen LogP contribution in [-0.4, -0.2) is 24.1 Å². The van der Waals surface area contributed by atoms with Gasteiger partial charge in [0.05, 0.1) is 0 Å². The van der Waals surface area contributed by atoms with E-state index < -0.39 is 10.4 Å². The zero-order chi connectivity index (χ0) is 8.62. The Morgan fingerprint density at radius 3 is 1.67 bits per heavy atom. The largest absolute Gasteiger partial charge is 1.00 e. The predicted octanol–water partition coefficient (Wildman–Crippen LogP) is -2.64. The SMILES string of the molecule is CCCCN.F.O=S(=O)(O)O.[H-].[Na+]. The maximum absolute atomic E-state index is 8.74. The third kappa shape index (κ3) is 135. The Balaban J connectivity index is -0.0000000267. The van der Waals surface area contributed by atoms with E-state index in [9.17, 15) is 0 Å². The van der Waals surface area contributed by atoms with Crippen LogP contribution >= 0.6 is 0 Å². The van der Waals surface area contributed by atoms with Crippen molar-refractivity contribution in [2.45, 2.75) is 19.8 Å². The van der Waals surface area contributed by atoms with Crippen molar-refractivity contribution >= 4 is 10.4 Å². The van der Waals surface area contributed by atoms with Gasteiger partial charge in [-0.1, -0.05) is 13.3 Å². The van der Waals surface area contributed by atoms with Crippen molar-refractivity contribution in [2.24, 2.45) is 5.73 Å². The van der Waals surface area contributed by atoms with Crippen molar-refractivity contribution in [3.8, 4) is 0 Å². The number of rotatable bonds is 2. The summed E-state index contributed by atoms with van der Waals surface area (Å²) in [6.45, 7) is 2.98. The normalized spacial score (nSPS) is 8.33. The molecular weight excluding hydrogens is 200 g/mol. The second kappa shape index (κ2) is 14.3. The first-order chi connectivity index (χ1) is 4.41. The van der Waals surface area contributed by atoms with Gasteiger partial charge in [-0.05, 0) is 13.0 Å². The van der Waals surface area contributed by atoms with Gasteiger partial charge in [0, 0.05) is 0 Å². The number of hydrogen-bond acceptors (Lipinski definition) is 3. The molecule has 0 aromatic heterocycles. The van der Waals surface area contributed by atoms with Gasteiger partial charge in [0.2, 0.25) is 0 Å². The molecule has 0 rings (SSSR count). The van der Waals surface area contributed by atoms with E-state index in [1.54, 1.807) is 0 Å². The second-order valence-corrected chi connectivity index (χ2v) is 2.49. The number of nitrogens with two attached hydrogens (primary N) is 1. The van der Waals surface area contributed by atoms with Crippen molar-refractivity contribution in [1.29, 1.82) is 0 Å². The van der Waals surface area contributed by atoms with Gasteiger partial charge in [-0.15, -0.1) is 0 Å². The monoisotopic (exact) mass is 215 g/mol. The van der Waals surface area contributed by atoms with Crippen LogP contribution in [0.4, 0.5) is 4.70 Å². The minimum absolute atomic E-state index is 0. The van der Waals surface area contributed by atoms with Gasteiger partial charge in [0.25, 0.3) is 0 Å². The first-order valence-corrected chi connectivity index (χ1v) is 4.21. The molecule has 74 valence electrons. The van der Waals surface area contributed by atoms with E-state index in [0.717, 1.165) is 6.54 Å². The summed E-state index contributed by atoms with van der Waals surface area (Å²) in [4.78, 5) is 0. The third-order valence-electron chi connectivity index (χ3n) is 0.558. The van der Waals surface area contributed by atoms with Crippen LogP contribution in [0.3, 0.4) is 0 Å². The molecule has 0 aliphatic carbocycles. The Labute approximate surface area is 95.4 Å². The average Bonchev–Trinajstić information content (AvgIpc) is 1.63. The van der Waals surface area contributed by atoms with Gasteiger partial charge in [-0.3, -0.25) is 13.8 Å². The van der Waals surface area contributed by atoms with Gasteiger partial charge in [-0.25, -0.2) is 0 Å². The van der Waals surface area contributed by atoms with Crippen molar-refractivity contribution < 1.29 is 53.2 Å². The summed E-state index contributed by atoms with van der Waals surface area (Å²) in [6, 6.07) is 0. The van der Waals surface area contributed by atoms with Crippen molar-refractivity contribution in [3.63, 3.8) is 0 Å². The summed E-state index contributed by atoms with van der Waals surface area (Å²) < 4.78 is 31.6. The van der Waals surface area contributed by atoms with Gasteiger partial charge < -0.3 is 7.16 Å². The van der Waals surface area contributed by atoms with Crippen LogP contribution < -0.4 is 35.3 Å². The van der Waals surface area contributed by atoms with Gasteiger partial charge >= 0.3 is 40.0 Å². The Morgan fingerprint density at radius 1 is 1.42 bits per heavy atom. The summed E-state index contributed by atoms with van der Waals surface area (Å²) in [6.07, 6.45) is 2.39. The molecule has 0 aromatic carbocycles. The van der Waals surface area contributed by atoms with Crippen LogP contribution in [0, 0.1) is 0 Å². The topological polar surface area (TPSA) is 101 Å². The summed E-state index contributed by atoms with van der Waals surface area (Å²) in [7, 11) is -4.67. The van der Waals surface area contributed by atoms with E-state index in [4.69, 9.17) is 23.3 Å². The van der Waals surface area contributed by atoms with Crippen LogP contribution in [0.5, 0.6) is 0 Å². The van der Waals surface area contributed by atoms with Crippen molar-refractivity contribution in [1.82, 2.24) is 0 Å². The van der Waals surface area contributed by atoms with Crippen LogP contribution in [0.15, 0.2) is 0 Å². The van der Waals surface area contributed by atoms with Gasteiger partial charge in [0.15, 0.2) is 0 Å². The van der Waals surface area contributed by atoms with Crippen LogP contribution in [0.1, 0.15) is 21.2 Å². The molecule has 4 N–H and O–H groups in total. The zero-order valence-corrected chi connectivity index (χ0v) is 10.0. The molecule has 0 bridgehead atoms. The summed E-state index contributed by atoms with van der Waals surface area (Å²) in [5.41, 5.74) is 5.14. The van der Waals surface area contributed by atoms with Crippen molar-refractivity contribution in [3.05, 3.63) is 0 Å². The summed E-state index contributed by atoms with van der Waals surface area (Å²) in [5, 5.41) is 0. The Hall–Kier alpha value is 0.760. The van der Waals surface area contributed by atoms with Crippen LogP contribution in [0.2, 0.25) is 0 Å². The molecule has 5 nitrogen and oxygen atoms in total. The summed E-state index contributed by atoms with van der Waals surface area (Å²) >= 11 is 0. The first kappa shape index (κ1) is 23.0. The van der Waals surface area contributed by atoms with E-state index in [-0.39, 0.29) is 35.7 Å². The molecule has 0 heterocycles. The third-order valence-corrected chi connectivity index (χ3v) is 0.558. The van der Waals surface area contributed by atoms with E-state index in [2.05, 4.69) is 6.92 Å². The molecule has 0 unspecified atom stereocenters. The average molecular weight is 215 g/mol. The molecule has 0 spiro atoms. The maximum Gasteiger partial charge on any atom is 1.00 e. The number of unbranched alkanes of at least 4 members (excludes halogenated alkanes) is 1. The molecule has 8 heteroatoms. The van der Waals surface area contributed by atoms with E-state index in [1.807, 2.05) is 0 Å². The molecule has 0 atom stereocenters. The molecule has 0 aliphatic heterocycles. The van der Waals surface area contributed by atoms with E-state index >= 15 is 0 Å². The molecule has 0 amide bonds. The fourth-order valence-electron chi connectivity index (χ4n) is 0.204. The van der Waals surface area contributed by atoms with E-state index in [0.29, 0.717) is 0 Å². The fraction of sp³-hybridized carbons (Fsp3) is 1.00. The van der Waals surface area contributed by atoms with Gasteiger partial charge in [0.1, 0.15) is 0 Å². The molecule has 0 aromatic rings. The number of hydrogen-bond donors (Lipinski definition) is 3. The molecule has 0 saturated carbocycles. The van der Waals surface area contributed by atoms with Crippen molar-refractivity contribution in [2.75, 3.05) is 6.54 Å². The minimum atomic E-state index is -4.67. The Morgan fingerprint density at radius 2 is 1.67 bits per heavy atom. The van der Waals surface area contributed by atoms with Gasteiger partial charge in [-0.2, -0.15) is 8.42 Å². The minimum Gasteiger partial charge on any atom is -1.00 e. The molecule has 0 fully saturated rings. The molecule has 0 saturated heterocycles. The first-order valence-electron chi connectivity index (χ1n) is 2.81. The van der Waals surface area contributed by atoms with Crippen LogP contribution in [-0.2, 0) is 10.4 Å². The molecule has 0 radical (unpaired) electrons. The zero-order valence-electron chi connectivity index (χ0n) is 8.23. The smallest absolute Gasteiger partial charge is 1.00 e. The Bertz CT molecular complexity index is 146. The number of halogens is 1. The van der Waals surface area contributed by atoms with Crippen LogP contribution in [0.25, 0.3) is 0 Å². The van der Waals surface area contributed by atoms with E-state index in [1.165, 1.54) is 12.8 Å². The second-order valence-electron chi connectivity index (χ2n) is 1.59. The fourth-order valence-corrected chi connectivity index (χ4v) is 0.204. The molecular formula is C4H15FNNaO4S. The Kier molecular flexibility index (Phi) is 27.4.